The van der Waals surface area contributed by atoms with E-state index in [1.54, 1.807) is 0 Å². The molecule has 0 aliphatic rings. The third kappa shape index (κ3) is 89.8. The maximum absolute atomic E-state index is 10.1. The molecule has 0 aliphatic heterocycles. The molecule has 0 radical (unpaired) electrons. The number of aliphatic carboxylic acids is 4. The Bertz CT molecular complexity index is 771. The first-order valence-corrected chi connectivity index (χ1v) is 27.9. The van der Waals surface area contributed by atoms with Gasteiger partial charge in [-0.25, -0.2) is 0 Å². The van der Waals surface area contributed by atoms with Crippen LogP contribution in [0.1, 0.15) is 336 Å². The molecule has 9 heteroatoms. The summed E-state index contributed by atoms with van der Waals surface area (Å²) in [7, 11) is 0. The van der Waals surface area contributed by atoms with E-state index in [-0.39, 0.29) is 46.7 Å². The van der Waals surface area contributed by atoms with Gasteiger partial charge in [-0.15, -0.1) is 0 Å². The SMILES string of the molecule is CCCCCCCCCCCCCC(=O)[O-].CCCCCCCCCCCCCC(=O)[O-].CCCCCCCCCCCCCC(=O)[O-].CCCCCCCCCCCCCC(=O)[O-].[Pt+4]. The van der Waals surface area contributed by atoms with E-state index in [0.29, 0.717) is 0 Å². The Morgan fingerprint density at radius 3 is 0.385 bits per heavy atom. The second-order valence-corrected chi connectivity index (χ2v) is 18.6. The molecule has 0 fully saturated rings. The Hall–Kier alpha value is -1.43. The van der Waals surface area contributed by atoms with Crippen molar-refractivity contribution in [2.45, 2.75) is 336 Å². The Kier molecular flexibility index (Phi) is 77.2. The van der Waals surface area contributed by atoms with Gasteiger partial charge in [0.1, 0.15) is 0 Å². The molecule has 0 aliphatic carbocycles. The number of hydrogen-bond acceptors (Lipinski definition) is 8. The van der Waals surface area contributed by atoms with E-state index in [0.717, 1.165) is 51.4 Å². The fourth-order valence-electron chi connectivity index (χ4n) is 7.73. The van der Waals surface area contributed by atoms with Crippen molar-refractivity contribution in [1.82, 2.24) is 0 Å². The number of carboxylic acid groups (broad SMARTS) is 4. The first kappa shape index (κ1) is 72.5. The van der Waals surface area contributed by atoms with E-state index < -0.39 is 23.9 Å². The van der Waals surface area contributed by atoms with E-state index in [4.69, 9.17) is 0 Å². The van der Waals surface area contributed by atoms with Crippen LogP contribution in [0, 0.1) is 0 Å². The van der Waals surface area contributed by atoms with Gasteiger partial charge < -0.3 is 39.6 Å². The topological polar surface area (TPSA) is 161 Å². The average Bonchev–Trinajstić information content (AvgIpc) is 3.26. The van der Waals surface area contributed by atoms with Crippen LogP contribution >= 0.6 is 0 Å². The maximum atomic E-state index is 10.1. The zero-order valence-corrected chi connectivity index (χ0v) is 45.8. The largest absolute Gasteiger partial charge is 4.00 e. The van der Waals surface area contributed by atoms with Crippen LogP contribution in [-0.2, 0) is 40.2 Å². The summed E-state index contributed by atoms with van der Waals surface area (Å²) >= 11 is 0. The summed E-state index contributed by atoms with van der Waals surface area (Å²) in [5, 5.41) is 40.6. The van der Waals surface area contributed by atoms with E-state index in [2.05, 4.69) is 27.7 Å². The zero-order valence-electron chi connectivity index (χ0n) is 43.5. The summed E-state index contributed by atoms with van der Waals surface area (Å²) in [4.78, 5) is 40.6. The van der Waals surface area contributed by atoms with Gasteiger partial charge in [0.15, 0.2) is 0 Å². The molecule has 0 atom stereocenters. The predicted molar refractivity (Wildman–Crippen MR) is 264 cm³/mol. The molecule has 0 saturated carbocycles. The van der Waals surface area contributed by atoms with Gasteiger partial charge in [0.05, 0.1) is 0 Å². The van der Waals surface area contributed by atoms with Crippen LogP contribution in [-0.4, -0.2) is 23.9 Å². The molecule has 0 spiro atoms. The summed E-state index contributed by atoms with van der Waals surface area (Å²) in [6, 6.07) is 0. The van der Waals surface area contributed by atoms with Gasteiger partial charge >= 0.3 is 21.1 Å². The van der Waals surface area contributed by atoms with E-state index in [9.17, 15) is 39.6 Å². The smallest absolute Gasteiger partial charge is 0.550 e. The van der Waals surface area contributed by atoms with Gasteiger partial charge in [-0.05, 0) is 51.4 Å². The number of hydrogen-bond donors (Lipinski definition) is 0. The zero-order chi connectivity index (χ0) is 48.3. The van der Waals surface area contributed by atoms with Crippen molar-refractivity contribution in [3.05, 3.63) is 0 Å². The molecule has 0 rings (SSSR count). The maximum Gasteiger partial charge on any atom is 4.00 e. The molecule has 8 nitrogen and oxygen atoms in total. The summed E-state index contributed by atoms with van der Waals surface area (Å²) < 4.78 is 0. The second kappa shape index (κ2) is 69.1. The van der Waals surface area contributed by atoms with Gasteiger partial charge in [0.2, 0.25) is 0 Å². The number of carbonyl (C=O) groups is 4. The third-order valence-corrected chi connectivity index (χ3v) is 11.9. The molecule has 390 valence electrons. The van der Waals surface area contributed by atoms with Crippen LogP contribution in [0.3, 0.4) is 0 Å². The molecular formula is C56H108O8Pt. The van der Waals surface area contributed by atoms with Gasteiger partial charge in [0.25, 0.3) is 0 Å². The molecule has 0 aromatic carbocycles. The van der Waals surface area contributed by atoms with Gasteiger partial charge in [0, 0.05) is 23.9 Å². The Morgan fingerprint density at radius 1 is 0.200 bits per heavy atom. The van der Waals surface area contributed by atoms with E-state index >= 15 is 0 Å². The molecule has 0 N–H and O–H groups in total. The summed E-state index contributed by atoms with van der Waals surface area (Å²) in [6.07, 6.45) is 56.1. The second-order valence-electron chi connectivity index (χ2n) is 18.6. The minimum atomic E-state index is -0.907. The minimum absolute atomic E-state index is 0. The molecule has 65 heavy (non-hydrogen) atoms. The van der Waals surface area contributed by atoms with Crippen LogP contribution in [0.2, 0.25) is 0 Å². The number of carbonyl (C=O) groups excluding carboxylic acids is 4. The van der Waals surface area contributed by atoms with Crippen LogP contribution in [0.5, 0.6) is 0 Å². The van der Waals surface area contributed by atoms with E-state index in [1.807, 2.05) is 0 Å². The van der Waals surface area contributed by atoms with Crippen molar-refractivity contribution < 1.29 is 60.7 Å². The molecule has 0 unspecified atom stereocenters. The van der Waals surface area contributed by atoms with Crippen molar-refractivity contribution in [1.29, 1.82) is 0 Å². The summed E-state index contributed by atoms with van der Waals surface area (Å²) in [5.74, 6) is -3.63. The molecule has 0 aromatic heterocycles. The fraction of sp³-hybridized carbons (Fsp3) is 0.929. The first-order chi connectivity index (χ1) is 31.1. The van der Waals surface area contributed by atoms with Crippen LogP contribution in [0.15, 0.2) is 0 Å². The van der Waals surface area contributed by atoms with Crippen molar-refractivity contribution in [3.63, 3.8) is 0 Å². The molecule has 0 amide bonds. The Balaban J connectivity index is -0.000000245. The van der Waals surface area contributed by atoms with Crippen LogP contribution in [0.4, 0.5) is 0 Å². The molecule has 0 saturated heterocycles. The standard InChI is InChI=1S/4C14H28O2.Pt/c4*1-2-3-4-5-6-7-8-9-10-11-12-13-14(15)16;/h4*2-13H2,1H3,(H,15,16);/q;;;;+4/p-4. The Morgan fingerprint density at radius 2 is 0.292 bits per heavy atom. The molecule has 0 heterocycles. The molecular weight excluding hydrogens is 996 g/mol. The molecule has 0 bridgehead atoms. The average molecular weight is 1100 g/mol. The number of unbranched alkanes of at least 4 members (excludes halogenated alkanes) is 40. The van der Waals surface area contributed by atoms with Crippen LogP contribution in [0.25, 0.3) is 0 Å². The monoisotopic (exact) mass is 1100 g/mol. The van der Waals surface area contributed by atoms with Crippen LogP contribution < -0.4 is 20.4 Å². The third-order valence-electron chi connectivity index (χ3n) is 11.9. The molecule has 0 aromatic rings. The Labute approximate surface area is 418 Å². The van der Waals surface area contributed by atoms with Gasteiger partial charge in [-0.3, -0.25) is 0 Å². The van der Waals surface area contributed by atoms with Gasteiger partial charge in [-0.1, -0.05) is 285 Å². The summed E-state index contributed by atoms with van der Waals surface area (Å²) in [5.41, 5.74) is 0. The predicted octanol–water partition coefficient (Wildman–Crippen LogP) is 13.7. The van der Waals surface area contributed by atoms with Crippen molar-refractivity contribution >= 4 is 23.9 Å². The fourth-order valence-corrected chi connectivity index (χ4v) is 7.73. The van der Waals surface area contributed by atoms with Crippen molar-refractivity contribution in [2.75, 3.05) is 0 Å². The number of carboxylic acids is 4. The summed E-state index contributed by atoms with van der Waals surface area (Å²) in [6.45, 7) is 8.97. The number of rotatable bonds is 48. The van der Waals surface area contributed by atoms with Crippen molar-refractivity contribution in [2.24, 2.45) is 0 Å². The van der Waals surface area contributed by atoms with Crippen molar-refractivity contribution in [3.8, 4) is 0 Å². The first-order valence-electron chi connectivity index (χ1n) is 27.9. The van der Waals surface area contributed by atoms with Gasteiger partial charge in [-0.2, -0.15) is 0 Å². The quantitative estimate of drug-likeness (QED) is 0.0544. The minimum Gasteiger partial charge on any atom is -0.550 e. The van der Waals surface area contributed by atoms with E-state index in [1.165, 1.54) is 231 Å². The normalized spacial score (nSPS) is 10.4.